The Morgan fingerprint density at radius 1 is 0.771 bits per heavy atom. The van der Waals surface area contributed by atoms with Crippen LogP contribution in [0.1, 0.15) is 26.7 Å². The number of methoxy groups -OCH3 is 1. The quantitative estimate of drug-likeness (QED) is 0.273. The molecule has 0 spiro atoms. The molecule has 4 aromatic carbocycles. The molecule has 35 heavy (non-hydrogen) atoms. The van der Waals surface area contributed by atoms with E-state index in [1.165, 1.54) is 11.8 Å². The highest BCUT2D eigenvalue weighted by Gasteiger charge is 2.22. The molecule has 0 aromatic heterocycles. The fourth-order valence-corrected chi connectivity index (χ4v) is 4.54. The van der Waals surface area contributed by atoms with Crippen molar-refractivity contribution in [3.8, 4) is 5.75 Å². The molecule has 176 valence electrons. The highest BCUT2D eigenvalue weighted by molar-refractivity contribution is 8.00. The van der Waals surface area contributed by atoms with Crippen LogP contribution in [0, 0.1) is 6.92 Å². The van der Waals surface area contributed by atoms with Gasteiger partial charge in [-0.1, -0.05) is 48.5 Å². The van der Waals surface area contributed by atoms with Crippen LogP contribution in [0.25, 0.3) is 0 Å². The number of anilines is 2. The third-order valence-corrected chi connectivity index (χ3v) is 6.73. The lowest BCUT2D eigenvalue weighted by Gasteiger charge is -2.18. The summed E-state index contributed by atoms with van der Waals surface area (Å²) < 4.78 is 5.14. The van der Waals surface area contributed by atoms with Crippen LogP contribution < -0.4 is 15.4 Å². The number of nitrogens with one attached hydrogen (secondary N) is 2. The van der Waals surface area contributed by atoms with Crippen molar-refractivity contribution in [1.82, 2.24) is 0 Å². The van der Waals surface area contributed by atoms with E-state index in [-0.39, 0.29) is 11.8 Å². The summed E-state index contributed by atoms with van der Waals surface area (Å²) in [6.07, 6.45) is 0. The van der Waals surface area contributed by atoms with Gasteiger partial charge in [0, 0.05) is 21.8 Å². The lowest BCUT2D eigenvalue weighted by Crippen LogP contribution is -2.19. The van der Waals surface area contributed by atoms with Gasteiger partial charge in [-0.15, -0.1) is 11.8 Å². The van der Waals surface area contributed by atoms with Crippen LogP contribution in [-0.4, -0.2) is 18.9 Å². The summed E-state index contributed by atoms with van der Waals surface area (Å²) in [4.78, 5) is 26.7. The van der Waals surface area contributed by atoms with Crippen LogP contribution in [-0.2, 0) is 4.79 Å². The highest BCUT2D eigenvalue weighted by Crippen LogP contribution is 2.37. The molecule has 0 aliphatic carbocycles. The molecule has 0 aliphatic rings. The van der Waals surface area contributed by atoms with Crippen molar-refractivity contribution < 1.29 is 14.3 Å². The zero-order valence-corrected chi connectivity index (χ0v) is 20.3. The van der Waals surface area contributed by atoms with Gasteiger partial charge in [0.15, 0.2) is 0 Å². The molecule has 0 heterocycles. The molecule has 0 saturated carbocycles. The first kappa shape index (κ1) is 24.1. The highest BCUT2D eigenvalue weighted by atomic mass is 32.2. The molecule has 5 nitrogen and oxygen atoms in total. The first-order chi connectivity index (χ1) is 17.0. The van der Waals surface area contributed by atoms with Crippen molar-refractivity contribution >= 4 is 35.0 Å². The Bertz CT molecular complexity index is 1290. The number of hydrogen-bond acceptors (Lipinski definition) is 4. The minimum absolute atomic E-state index is 0.0904. The van der Waals surface area contributed by atoms with E-state index in [9.17, 15) is 9.59 Å². The van der Waals surface area contributed by atoms with Crippen molar-refractivity contribution in [2.75, 3.05) is 17.7 Å². The average Bonchev–Trinajstić information content (AvgIpc) is 2.90. The largest absolute Gasteiger partial charge is 0.497 e. The molecule has 1 unspecified atom stereocenters. The third-order valence-electron chi connectivity index (χ3n) is 5.46. The molecule has 2 amide bonds. The van der Waals surface area contributed by atoms with Gasteiger partial charge in [0.25, 0.3) is 5.91 Å². The first-order valence-corrected chi connectivity index (χ1v) is 12.0. The van der Waals surface area contributed by atoms with Crippen LogP contribution in [0.2, 0.25) is 0 Å². The zero-order valence-electron chi connectivity index (χ0n) is 19.5. The number of ether oxygens (including phenoxy) is 1. The predicted octanol–water partition coefficient (Wildman–Crippen LogP) is 6.73. The Hall–Kier alpha value is -4.03. The van der Waals surface area contributed by atoms with Gasteiger partial charge in [-0.2, -0.15) is 0 Å². The van der Waals surface area contributed by atoms with E-state index < -0.39 is 5.25 Å². The summed E-state index contributed by atoms with van der Waals surface area (Å²) in [5.74, 6) is 0.405. The number of carbonyl (C=O) groups excluding carboxylic acids is 2. The van der Waals surface area contributed by atoms with E-state index in [0.717, 1.165) is 21.7 Å². The second-order valence-electron chi connectivity index (χ2n) is 7.92. The number of thioether (sulfide) groups is 1. The van der Waals surface area contributed by atoms with E-state index >= 15 is 0 Å². The minimum Gasteiger partial charge on any atom is -0.497 e. The molecular weight excluding hydrogens is 456 g/mol. The molecule has 1 atom stereocenters. The van der Waals surface area contributed by atoms with E-state index in [2.05, 4.69) is 10.6 Å². The Morgan fingerprint density at radius 2 is 1.43 bits per heavy atom. The molecule has 4 rings (SSSR count). The maximum atomic E-state index is 13.3. The lowest BCUT2D eigenvalue weighted by atomic mass is 10.1. The molecule has 6 heteroatoms. The first-order valence-electron chi connectivity index (χ1n) is 11.2. The molecular formula is C29H26N2O3S. The average molecular weight is 483 g/mol. The van der Waals surface area contributed by atoms with E-state index in [4.69, 9.17) is 4.74 Å². The lowest BCUT2D eigenvalue weighted by molar-refractivity contribution is -0.115. The van der Waals surface area contributed by atoms with E-state index in [1.54, 1.807) is 31.4 Å². The van der Waals surface area contributed by atoms with Crippen molar-refractivity contribution in [2.24, 2.45) is 0 Å². The normalized spacial score (nSPS) is 11.4. The van der Waals surface area contributed by atoms with Crippen LogP contribution in [0.5, 0.6) is 5.75 Å². The molecule has 0 radical (unpaired) electrons. The standard InChI is InChI=1S/C29H26N2O3S/c1-20-8-6-7-11-26(20)31-29(33)27(21-9-4-3-5-10-21)35-25-18-14-23(15-19-25)30-28(32)22-12-16-24(34-2)17-13-22/h3-19,27H,1-2H3,(H,30,32)(H,31,33). The molecule has 4 aromatic rings. The second kappa shape index (κ2) is 11.4. The number of hydrogen-bond donors (Lipinski definition) is 2. The summed E-state index contributed by atoms with van der Waals surface area (Å²) in [7, 11) is 1.59. The summed E-state index contributed by atoms with van der Waals surface area (Å²) in [6, 6.07) is 31.9. The Labute approximate surface area is 209 Å². The van der Waals surface area contributed by atoms with Gasteiger partial charge in [0.2, 0.25) is 5.91 Å². The van der Waals surface area contributed by atoms with Gasteiger partial charge in [0.1, 0.15) is 11.0 Å². The number of benzene rings is 4. The van der Waals surface area contributed by atoms with Crippen molar-refractivity contribution in [3.05, 3.63) is 120 Å². The Kier molecular flexibility index (Phi) is 7.85. The number of aryl methyl sites for hydroxylation is 1. The van der Waals surface area contributed by atoms with Gasteiger partial charge in [-0.05, 0) is 72.6 Å². The number of carbonyl (C=O) groups is 2. The van der Waals surface area contributed by atoms with Crippen LogP contribution in [0.4, 0.5) is 11.4 Å². The van der Waals surface area contributed by atoms with E-state index in [1.807, 2.05) is 85.8 Å². The second-order valence-corrected chi connectivity index (χ2v) is 9.10. The molecule has 0 fully saturated rings. The monoisotopic (exact) mass is 482 g/mol. The van der Waals surface area contributed by atoms with Gasteiger partial charge >= 0.3 is 0 Å². The van der Waals surface area contributed by atoms with Crippen LogP contribution >= 0.6 is 11.8 Å². The smallest absolute Gasteiger partial charge is 0.255 e. The van der Waals surface area contributed by atoms with Crippen molar-refractivity contribution in [3.63, 3.8) is 0 Å². The predicted molar refractivity (Wildman–Crippen MR) is 142 cm³/mol. The van der Waals surface area contributed by atoms with Gasteiger partial charge < -0.3 is 15.4 Å². The SMILES string of the molecule is COc1ccc(C(=O)Nc2ccc(SC(C(=O)Nc3ccccc3C)c3ccccc3)cc2)cc1. The van der Waals surface area contributed by atoms with Gasteiger partial charge in [-0.3, -0.25) is 9.59 Å². The molecule has 2 N–H and O–H groups in total. The van der Waals surface area contributed by atoms with Crippen LogP contribution in [0.15, 0.2) is 108 Å². The van der Waals surface area contributed by atoms with Gasteiger partial charge in [0.05, 0.1) is 7.11 Å². The number of para-hydroxylation sites is 1. The minimum atomic E-state index is -0.435. The maximum Gasteiger partial charge on any atom is 0.255 e. The summed E-state index contributed by atoms with van der Waals surface area (Å²) in [6.45, 7) is 1.97. The van der Waals surface area contributed by atoms with E-state index in [0.29, 0.717) is 17.0 Å². The van der Waals surface area contributed by atoms with Gasteiger partial charge in [-0.25, -0.2) is 0 Å². The summed E-state index contributed by atoms with van der Waals surface area (Å²) in [5, 5.41) is 5.53. The summed E-state index contributed by atoms with van der Waals surface area (Å²) >= 11 is 1.46. The van der Waals surface area contributed by atoms with Crippen LogP contribution in [0.3, 0.4) is 0 Å². The molecule has 0 aliphatic heterocycles. The zero-order chi connectivity index (χ0) is 24.6. The van der Waals surface area contributed by atoms with Crippen molar-refractivity contribution in [1.29, 1.82) is 0 Å². The summed E-state index contributed by atoms with van der Waals surface area (Å²) in [5.41, 5.74) is 3.95. The molecule has 0 bridgehead atoms. The molecule has 0 saturated heterocycles. The Morgan fingerprint density at radius 3 is 2.09 bits per heavy atom. The topological polar surface area (TPSA) is 67.4 Å². The number of amides is 2. The fraction of sp³-hybridized carbons (Fsp3) is 0.103. The van der Waals surface area contributed by atoms with Crippen molar-refractivity contribution in [2.45, 2.75) is 17.1 Å². The third kappa shape index (κ3) is 6.31. The maximum absolute atomic E-state index is 13.3. The fourth-order valence-electron chi connectivity index (χ4n) is 3.51. The number of rotatable bonds is 8. The Balaban J connectivity index is 1.47.